The van der Waals surface area contributed by atoms with Crippen LogP contribution in [0.2, 0.25) is 0 Å². The number of benzene rings is 1. The second-order valence-electron chi connectivity index (χ2n) is 8.23. The first-order chi connectivity index (χ1) is 14.2. The molecule has 2 atom stereocenters. The molecule has 7 heteroatoms. The third-order valence-corrected chi connectivity index (χ3v) is 6.53. The lowest BCUT2D eigenvalue weighted by molar-refractivity contribution is -0.874. The minimum absolute atomic E-state index is 0.0295. The average molecular weight is 399 g/mol. The second kappa shape index (κ2) is 7.80. The van der Waals surface area contributed by atoms with Gasteiger partial charge in [0.05, 0.1) is 25.7 Å². The fourth-order valence-electron chi connectivity index (χ4n) is 5.04. The number of morpholine rings is 1. The third-order valence-electron chi connectivity index (χ3n) is 6.53. The molecule has 0 radical (unpaired) electrons. The average Bonchev–Trinajstić information content (AvgIpc) is 3.34. The van der Waals surface area contributed by atoms with Gasteiger partial charge in [-0.25, -0.2) is 0 Å². The summed E-state index contributed by atoms with van der Waals surface area (Å²) in [6.07, 6.45) is 5.75. The molecule has 0 aromatic heterocycles. The highest BCUT2D eigenvalue weighted by Gasteiger charge is 2.46. The van der Waals surface area contributed by atoms with Crippen LogP contribution in [0.5, 0.6) is 11.5 Å². The standard InChI is InChI=1S/C22H26N2O5/c25-21-12-17(16-3-1-2-4-18(16)23-7-9-27-10-8-23)22(26)24(21)13-15-5-6-19-20(11-15)29-14-28-19/h4-6,11,16-17H,1-3,7-10,12-14H2/p+1/t16-,17-/m0/s1. The topological polar surface area (TPSA) is 69.5 Å². The predicted octanol–water partition coefficient (Wildman–Crippen LogP) is 0.890. The Bertz CT molecular complexity index is 846. The molecule has 0 bridgehead atoms. The van der Waals surface area contributed by atoms with Crippen molar-refractivity contribution in [2.75, 3.05) is 33.1 Å². The van der Waals surface area contributed by atoms with Crippen LogP contribution >= 0.6 is 0 Å². The molecule has 1 aromatic carbocycles. The highest BCUT2D eigenvalue weighted by atomic mass is 16.7. The van der Waals surface area contributed by atoms with E-state index >= 15 is 0 Å². The molecule has 5 rings (SSSR count). The molecule has 1 N–H and O–H groups in total. The van der Waals surface area contributed by atoms with Crippen molar-refractivity contribution in [2.24, 2.45) is 11.8 Å². The fourth-order valence-corrected chi connectivity index (χ4v) is 5.04. The van der Waals surface area contributed by atoms with Crippen LogP contribution in [0.3, 0.4) is 0 Å². The minimum atomic E-state index is -0.238. The van der Waals surface area contributed by atoms with E-state index in [9.17, 15) is 9.59 Å². The van der Waals surface area contributed by atoms with Crippen molar-refractivity contribution < 1.29 is 28.7 Å². The highest BCUT2D eigenvalue weighted by Crippen LogP contribution is 2.37. The molecule has 1 aromatic rings. The van der Waals surface area contributed by atoms with E-state index < -0.39 is 0 Å². The van der Waals surface area contributed by atoms with Gasteiger partial charge in [-0.05, 0) is 43.0 Å². The number of fused-ring (bicyclic) bond motifs is 1. The summed E-state index contributed by atoms with van der Waals surface area (Å²) >= 11 is 0. The number of carbonyl (C=O) groups excluding carboxylic acids is 2. The number of hydrogen-bond acceptors (Lipinski definition) is 5. The van der Waals surface area contributed by atoms with Crippen LogP contribution in [-0.4, -0.2) is 49.8 Å². The van der Waals surface area contributed by atoms with Crippen LogP contribution < -0.4 is 14.4 Å². The molecule has 0 saturated carbocycles. The van der Waals surface area contributed by atoms with Crippen LogP contribution in [0.1, 0.15) is 31.2 Å². The van der Waals surface area contributed by atoms with Crippen LogP contribution in [0.4, 0.5) is 0 Å². The Hall–Kier alpha value is -2.38. The lowest BCUT2D eigenvalue weighted by Gasteiger charge is -2.34. The zero-order valence-electron chi connectivity index (χ0n) is 16.5. The molecule has 3 heterocycles. The van der Waals surface area contributed by atoms with Crippen LogP contribution in [0.25, 0.3) is 0 Å². The van der Waals surface area contributed by atoms with Gasteiger partial charge in [0, 0.05) is 12.3 Å². The molecule has 4 aliphatic rings. The maximum Gasteiger partial charge on any atom is 0.233 e. The number of carbonyl (C=O) groups is 2. The molecule has 0 spiro atoms. The summed E-state index contributed by atoms with van der Waals surface area (Å²) in [5, 5.41) is 0. The lowest BCUT2D eigenvalue weighted by atomic mass is 9.80. The van der Waals surface area contributed by atoms with Gasteiger partial charge >= 0.3 is 0 Å². The van der Waals surface area contributed by atoms with E-state index in [2.05, 4.69) is 6.08 Å². The number of rotatable bonds is 4. The smallest absolute Gasteiger partial charge is 0.233 e. The first-order valence-electron chi connectivity index (χ1n) is 10.6. The van der Waals surface area contributed by atoms with Gasteiger partial charge in [0.25, 0.3) is 0 Å². The van der Waals surface area contributed by atoms with Gasteiger partial charge in [-0.3, -0.25) is 14.5 Å². The fraction of sp³-hybridized carbons (Fsp3) is 0.545. The summed E-state index contributed by atoms with van der Waals surface area (Å²) in [5.41, 5.74) is 2.21. The number of nitrogens with zero attached hydrogens (tertiary/aromatic N) is 1. The van der Waals surface area contributed by atoms with E-state index in [-0.39, 0.29) is 30.4 Å². The van der Waals surface area contributed by atoms with Gasteiger partial charge in [0.1, 0.15) is 18.8 Å². The molecule has 7 nitrogen and oxygen atoms in total. The van der Waals surface area contributed by atoms with Crippen molar-refractivity contribution in [2.45, 2.75) is 32.2 Å². The highest BCUT2D eigenvalue weighted by molar-refractivity contribution is 6.03. The molecular weight excluding hydrogens is 372 g/mol. The van der Waals surface area contributed by atoms with Crippen molar-refractivity contribution in [1.29, 1.82) is 0 Å². The largest absolute Gasteiger partial charge is 0.454 e. The Morgan fingerprint density at radius 3 is 2.76 bits per heavy atom. The summed E-state index contributed by atoms with van der Waals surface area (Å²) in [6.45, 7) is 3.90. The SMILES string of the molecule is O=C1C[C@@H]([C@@H]2CCCC=C2[NH+]2CCOCC2)C(=O)N1Cc1ccc2c(c1)OCO2. The van der Waals surface area contributed by atoms with Gasteiger partial charge in [-0.15, -0.1) is 0 Å². The normalized spacial score (nSPS) is 27.4. The first kappa shape index (κ1) is 18.6. The number of nitrogens with one attached hydrogen (secondary N) is 1. The number of quaternary nitrogens is 1. The number of amides is 2. The third kappa shape index (κ3) is 3.53. The Morgan fingerprint density at radius 1 is 1.07 bits per heavy atom. The van der Waals surface area contributed by atoms with Gasteiger partial charge in [0.15, 0.2) is 11.5 Å². The van der Waals surface area contributed by atoms with Crippen molar-refractivity contribution in [3.63, 3.8) is 0 Å². The van der Waals surface area contributed by atoms with Crippen molar-refractivity contribution >= 4 is 11.8 Å². The lowest BCUT2D eigenvalue weighted by Crippen LogP contribution is -3.13. The van der Waals surface area contributed by atoms with Gasteiger partial charge in [0.2, 0.25) is 18.6 Å². The number of likely N-dealkylation sites (tertiary alicyclic amines) is 1. The number of ether oxygens (including phenoxy) is 3. The second-order valence-corrected chi connectivity index (χ2v) is 8.23. The Labute approximate surface area is 170 Å². The summed E-state index contributed by atoms with van der Waals surface area (Å²) in [7, 11) is 0. The predicted molar refractivity (Wildman–Crippen MR) is 103 cm³/mol. The van der Waals surface area contributed by atoms with E-state index in [1.165, 1.54) is 15.5 Å². The van der Waals surface area contributed by atoms with Gasteiger partial charge < -0.3 is 19.1 Å². The van der Waals surface area contributed by atoms with Gasteiger partial charge in [-0.2, -0.15) is 0 Å². The maximum absolute atomic E-state index is 13.3. The summed E-state index contributed by atoms with van der Waals surface area (Å²) < 4.78 is 16.3. The Morgan fingerprint density at radius 2 is 1.90 bits per heavy atom. The number of hydrogen-bond donors (Lipinski definition) is 1. The minimum Gasteiger partial charge on any atom is -0.454 e. The molecule has 2 fully saturated rings. The summed E-state index contributed by atoms with van der Waals surface area (Å²) in [5.74, 6) is 1.20. The van der Waals surface area contributed by atoms with Crippen molar-refractivity contribution in [3.05, 3.63) is 35.5 Å². The maximum atomic E-state index is 13.3. The molecule has 29 heavy (non-hydrogen) atoms. The molecule has 154 valence electrons. The Balaban J connectivity index is 1.33. The molecule has 2 saturated heterocycles. The number of allylic oxidation sites excluding steroid dienone is 2. The van der Waals surface area contributed by atoms with Gasteiger partial charge in [-0.1, -0.05) is 6.07 Å². The quantitative estimate of drug-likeness (QED) is 0.762. The first-order valence-corrected chi connectivity index (χ1v) is 10.6. The van der Waals surface area contributed by atoms with E-state index in [0.717, 1.165) is 51.1 Å². The summed E-state index contributed by atoms with van der Waals surface area (Å²) in [4.78, 5) is 28.9. The molecule has 2 amide bonds. The number of imide groups is 1. The Kier molecular flexibility index (Phi) is 5.01. The zero-order chi connectivity index (χ0) is 19.8. The van der Waals surface area contributed by atoms with Crippen LogP contribution in [-0.2, 0) is 20.9 Å². The van der Waals surface area contributed by atoms with E-state index in [1.54, 1.807) is 0 Å². The monoisotopic (exact) mass is 399 g/mol. The molecule has 0 unspecified atom stereocenters. The molecular formula is C22H27N2O5+. The van der Waals surface area contributed by atoms with E-state index in [4.69, 9.17) is 14.2 Å². The summed E-state index contributed by atoms with van der Waals surface area (Å²) in [6, 6.07) is 5.59. The van der Waals surface area contributed by atoms with Crippen molar-refractivity contribution in [3.8, 4) is 11.5 Å². The zero-order valence-corrected chi connectivity index (χ0v) is 16.5. The van der Waals surface area contributed by atoms with E-state index in [0.29, 0.717) is 24.5 Å². The molecule has 3 aliphatic heterocycles. The van der Waals surface area contributed by atoms with Crippen LogP contribution in [0, 0.1) is 11.8 Å². The van der Waals surface area contributed by atoms with Crippen molar-refractivity contribution in [1.82, 2.24) is 4.90 Å². The van der Waals surface area contributed by atoms with Crippen LogP contribution in [0.15, 0.2) is 30.0 Å². The van der Waals surface area contributed by atoms with E-state index in [1.807, 2.05) is 18.2 Å². The molecule has 1 aliphatic carbocycles.